The molecule has 82 valence electrons. The van der Waals surface area contributed by atoms with Gasteiger partial charge in [-0.2, -0.15) is 0 Å². The highest BCUT2D eigenvalue weighted by atomic mass is 35.5. The Morgan fingerprint density at radius 2 is 2.07 bits per heavy atom. The average molecular weight is 283 g/mol. The summed E-state index contributed by atoms with van der Waals surface area (Å²) in [5.74, 6) is 6.56. The van der Waals surface area contributed by atoms with Crippen molar-refractivity contribution < 1.29 is 4.52 Å². The minimum absolute atomic E-state index is 0.337. The van der Waals surface area contributed by atoms with E-state index >= 15 is 0 Å². The van der Waals surface area contributed by atoms with Crippen molar-refractivity contribution in [1.29, 1.82) is 0 Å². The van der Waals surface area contributed by atoms with Crippen LogP contribution in [0.4, 0.5) is 0 Å². The lowest BCUT2D eigenvalue weighted by atomic mass is 10.3. The van der Waals surface area contributed by atoms with Crippen LogP contribution in [0.25, 0.3) is 0 Å². The molecule has 0 aliphatic carbocycles. The molecule has 5 nitrogen and oxygen atoms in total. The molecule has 1 fully saturated rings. The number of nitrogens with one attached hydrogen (secondary N) is 1. The molecule has 0 saturated carbocycles. The standard InChI is InChI=1S/C6H10ClN4OP3/c7-10-13-9-14-11(8)15(10)12-6-4-2-1-3-5-6/h1-5,9,13-14H,8H2. The first-order chi connectivity index (χ1) is 7.27. The lowest BCUT2D eigenvalue weighted by molar-refractivity contribution is 0.534. The van der Waals surface area contributed by atoms with Crippen molar-refractivity contribution >= 4 is 38.0 Å². The quantitative estimate of drug-likeness (QED) is 0.496. The lowest BCUT2D eigenvalue weighted by Gasteiger charge is -2.34. The van der Waals surface area contributed by atoms with Gasteiger partial charge < -0.3 is 4.52 Å². The molecular formula is C6H10ClN4OP3. The summed E-state index contributed by atoms with van der Waals surface area (Å²) in [7, 11) is -0.417. The van der Waals surface area contributed by atoms with E-state index in [1.54, 1.807) is 8.51 Å². The Morgan fingerprint density at radius 3 is 2.73 bits per heavy atom. The van der Waals surface area contributed by atoms with Crippen LogP contribution in [0.15, 0.2) is 30.3 Å². The van der Waals surface area contributed by atoms with E-state index in [9.17, 15) is 0 Å². The molecule has 1 aliphatic rings. The van der Waals surface area contributed by atoms with Crippen LogP contribution >= 0.6 is 38.0 Å². The number of hydrogen-bond acceptors (Lipinski definition) is 5. The van der Waals surface area contributed by atoms with E-state index in [0.717, 1.165) is 5.75 Å². The topological polar surface area (TPSA) is 53.8 Å². The molecule has 0 bridgehead atoms. The molecule has 0 radical (unpaired) electrons. The number of para-hydroxylation sites is 1. The zero-order valence-corrected chi connectivity index (χ0v) is 11.2. The molecular weight excluding hydrogens is 272 g/mol. The highest BCUT2D eigenvalue weighted by molar-refractivity contribution is 7.71. The first-order valence-corrected chi connectivity index (χ1v) is 7.47. The fraction of sp³-hybridized carbons (Fsp3) is 0. The Bertz CT molecular complexity index is 309. The second-order valence-electron chi connectivity index (χ2n) is 2.61. The van der Waals surface area contributed by atoms with Crippen molar-refractivity contribution in [3.63, 3.8) is 0 Å². The Labute approximate surface area is 98.1 Å². The van der Waals surface area contributed by atoms with E-state index in [1.165, 1.54) is 0 Å². The van der Waals surface area contributed by atoms with Crippen LogP contribution in [-0.2, 0) is 0 Å². The van der Waals surface area contributed by atoms with Gasteiger partial charge in [-0.05, 0) is 23.9 Å². The monoisotopic (exact) mass is 282 g/mol. The molecule has 0 aromatic heterocycles. The third kappa shape index (κ3) is 3.20. The van der Waals surface area contributed by atoms with E-state index < -0.39 is 8.45 Å². The van der Waals surface area contributed by atoms with Crippen molar-refractivity contribution in [2.45, 2.75) is 0 Å². The van der Waals surface area contributed by atoms with Gasteiger partial charge in [-0.15, -0.1) is 8.51 Å². The number of hydrogen-bond donors (Lipinski definition) is 2. The summed E-state index contributed by atoms with van der Waals surface area (Å²) in [6.45, 7) is 0. The smallest absolute Gasteiger partial charge is 0.287 e. The summed E-state index contributed by atoms with van der Waals surface area (Å²) in [6, 6.07) is 9.53. The maximum atomic E-state index is 6.00. The Kier molecular flexibility index (Phi) is 4.51. The number of rotatable bonds is 2. The van der Waals surface area contributed by atoms with Crippen molar-refractivity contribution in [1.82, 2.24) is 13.4 Å². The lowest BCUT2D eigenvalue weighted by Crippen LogP contribution is -2.28. The summed E-state index contributed by atoms with van der Waals surface area (Å²) >= 11 is 6.00. The van der Waals surface area contributed by atoms with Gasteiger partial charge in [-0.25, -0.2) is 0 Å². The van der Waals surface area contributed by atoms with Gasteiger partial charge in [0.25, 0.3) is 8.45 Å². The van der Waals surface area contributed by atoms with Gasteiger partial charge in [0.2, 0.25) is 0 Å². The van der Waals surface area contributed by atoms with Crippen LogP contribution in [-0.4, -0.2) is 8.51 Å². The average Bonchev–Trinajstić information content (AvgIpc) is 2.25. The minimum Gasteiger partial charge on any atom is -0.443 e. The second kappa shape index (κ2) is 5.67. The molecule has 1 saturated heterocycles. The van der Waals surface area contributed by atoms with Crippen LogP contribution in [0.3, 0.4) is 0 Å². The van der Waals surface area contributed by atoms with Crippen LogP contribution in [0.2, 0.25) is 0 Å². The van der Waals surface area contributed by atoms with Gasteiger partial charge in [0.05, 0.1) is 17.8 Å². The highest BCUT2D eigenvalue weighted by Gasteiger charge is 2.30. The van der Waals surface area contributed by atoms with Crippen molar-refractivity contribution in [3.05, 3.63) is 30.3 Å². The van der Waals surface area contributed by atoms with Gasteiger partial charge >= 0.3 is 0 Å². The maximum Gasteiger partial charge on any atom is 0.287 e. The molecule has 1 heterocycles. The number of nitrogens with two attached hydrogens (primary N) is 1. The van der Waals surface area contributed by atoms with E-state index in [1.807, 2.05) is 30.3 Å². The molecule has 3 unspecified atom stereocenters. The summed E-state index contributed by atoms with van der Waals surface area (Å²) in [6.07, 6.45) is 0. The predicted octanol–water partition coefficient (Wildman–Crippen LogP) is 2.54. The SMILES string of the molecule is NN1PNPN(Cl)P1Oc1ccccc1. The van der Waals surface area contributed by atoms with Crippen molar-refractivity contribution in [2.75, 3.05) is 0 Å². The number of halogens is 1. The third-order valence-corrected chi connectivity index (χ3v) is 6.20. The second-order valence-corrected chi connectivity index (χ2v) is 8.12. The normalized spacial score (nSPS) is 27.2. The molecule has 3 atom stereocenters. The van der Waals surface area contributed by atoms with Crippen LogP contribution in [0, 0.1) is 0 Å². The minimum atomic E-state index is -1.10. The van der Waals surface area contributed by atoms with E-state index in [4.69, 9.17) is 22.1 Å². The number of benzene rings is 1. The molecule has 1 aromatic carbocycles. The fourth-order valence-corrected chi connectivity index (χ4v) is 6.14. The predicted molar refractivity (Wildman–Crippen MR) is 67.5 cm³/mol. The molecule has 1 aromatic rings. The number of nitrogens with zero attached hydrogens (tertiary/aromatic N) is 2. The van der Waals surface area contributed by atoms with Crippen LogP contribution in [0.1, 0.15) is 0 Å². The van der Waals surface area contributed by atoms with Crippen molar-refractivity contribution in [2.24, 2.45) is 5.84 Å². The molecule has 3 N–H and O–H groups in total. The van der Waals surface area contributed by atoms with Crippen LogP contribution in [0.5, 0.6) is 5.75 Å². The molecule has 0 amide bonds. The highest BCUT2D eigenvalue weighted by Crippen LogP contribution is 2.58. The van der Waals surface area contributed by atoms with Gasteiger partial charge in [-0.1, -0.05) is 18.2 Å². The van der Waals surface area contributed by atoms with E-state index in [2.05, 4.69) is 4.86 Å². The molecule has 15 heavy (non-hydrogen) atoms. The summed E-state index contributed by atoms with van der Waals surface area (Å²) in [5.41, 5.74) is 0. The summed E-state index contributed by atoms with van der Waals surface area (Å²) in [5, 5.41) is 0. The Morgan fingerprint density at radius 1 is 1.33 bits per heavy atom. The first kappa shape index (κ1) is 11.9. The molecule has 2 rings (SSSR count). The van der Waals surface area contributed by atoms with Gasteiger partial charge in [0.1, 0.15) is 5.75 Å². The summed E-state index contributed by atoms with van der Waals surface area (Å²) < 4.78 is 8.87. The third-order valence-electron chi connectivity index (χ3n) is 1.58. The maximum absolute atomic E-state index is 6.00. The fourth-order valence-electron chi connectivity index (χ4n) is 0.954. The molecule has 0 spiro atoms. The summed E-state index contributed by atoms with van der Waals surface area (Å²) in [4.78, 5) is 3.09. The van der Waals surface area contributed by atoms with Gasteiger partial charge in [-0.3, -0.25) is 10.7 Å². The Hall–Kier alpha value is 0.440. The number of hydrazine groups is 1. The van der Waals surface area contributed by atoms with Crippen molar-refractivity contribution in [3.8, 4) is 5.75 Å². The first-order valence-electron chi connectivity index (χ1n) is 4.07. The van der Waals surface area contributed by atoms with Gasteiger partial charge in [0, 0.05) is 0 Å². The molecule has 1 aliphatic heterocycles. The zero-order chi connectivity index (χ0) is 10.7. The van der Waals surface area contributed by atoms with Crippen LogP contribution < -0.4 is 15.2 Å². The van der Waals surface area contributed by atoms with Gasteiger partial charge in [0.15, 0.2) is 0 Å². The van der Waals surface area contributed by atoms with E-state index in [-0.39, 0.29) is 0 Å². The zero-order valence-electron chi connectivity index (χ0n) is 7.59. The molecule has 9 heteroatoms. The van der Waals surface area contributed by atoms with E-state index in [0.29, 0.717) is 17.8 Å². The Balaban J connectivity index is 2.03. The largest absolute Gasteiger partial charge is 0.443 e.